The first kappa shape index (κ1) is 24.1. The van der Waals surface area contributed by atoms with Gasteiger partial charge < -0.3 is 15.0 Å². The van der Waals surface area contributed by atoms with E-state index in [1.807, 2.05) is 29.2 Å². The second-order valence-electron chi connectivity index (χ2n) is 10.1. The van der Waals surface area contributed by atoms with E-state index in [4.69, 9.17) is 4.74 Å². The number of nitrogens with one attached hydrogen (secondary N) is 1. The number of hydrogen-bond acceptors (Lipinski definition) is 5. The van der Waals surface area contributed by atoms with Gasteiger partial charge in [0.05, 0.1) is 18.5 Å². The highest BCUT2D eigenvalue weighted by Crippen LogP contribution is 2.41. The summed E-state index contributed by atoms with van der Waals surface area (Å²) in [4.78, 5) is 29.6. The van der Waals surface area contributed by atoms with E-state index in [0.29, 0.717) is 12.1 Å². The Kier molecular flexibility index (Phi) is 8.29. The Morgan fingerprint density at radius 2 is 1.55 bits per heavy atom. The molecule has 1 aromatic carbocycles. The minimum absolute atomic E-state index is 0.0739. The molecule has 6 nitrogen and oxygen atoms in total. The van der Waals surface area contributed by atoms with Gasteiger partial charge in [0, 0.05) is 31.1 Å². The normalized spacial score (nSPS) is 26.7. The summed E-state index contributed by atoms with van der Waals surface area (Å²) in [6.45, 7) is 1.76. The van der Waals surface area contributed by atoms with Crippen LogP contribution in [0, 0.1) is 0 Å². The highest BCUT2D eigenvalue weighted by atomic mass is 16.5. The topological polar surface area (TPSA) is 61.9 Å². The molecule has 1 amide bonds. The van der Waals surface area contributed by atoms with Crippen molar-refractivity contribution in [3.63, 3.8) is 0 Å². The highest BCUT2D eigenvalue weighted by Gasteiger charge is 2.43. The lowest BCUT2D eigenvalue weighted by molar-refractivity contribution is -0.138. The number of piperidine rings is 2. The molecule has 1 N–H and O–H groups in total. The zero-order chi connectivity index (χ0) is 23.2. The van der Waals surface area contributed by atoms with Gasteiger partial charge in [-0.3, -0.25) is 14.5 Å². The first-order valence-electron chi connectivity index (χ1n) is 13.1. The highest BCUT2D eigenvalue weighted by molar-refractivity contribution is 5.96. The van der Waals surface area contributed by atoms with Crippen molar-refractivity contribution in [3.05, 3.63) is 24.3 Å². The molecule has 0 aromatic heterocycles. The molecule has 2 bridgehead atoms. The van der Waals surface area contributed by atoms with Gasteiger partial charge in [-0.25, -0.2) is 0 Å². The number of anilines is 2. The van der Waals surface area contributed by atoms with Gasteiger partial charge in [0.15, 0.2) is 0 Å². The molecular formula is C27H41N3O3. The van der Waals surface area contributed by atoms with Crippen molar-refractivity contribution in [1.29, 1.82) is 0 Å². The van der Waals surface area contributed by atoms with Crippen LogP contribution >= 0.6 is 0 Å². The molecule has 33 heavy (non-hydrogen) atoms. The predicted octanol–water partition coefficient (Wildman–Crippen LogP) is 5.12. The number of hydrogen-bond donors (Lipinski definition) is 1. The van der Waals surface area contributed by atoms with Crippen molar-refractivity contribution in [2.45, 2.75) is 108 Å². The van der Waals surface area contributed by atoms with Crippen molar-refractivity contribution < 1.29 is 14.3 Å². The van der Waals surface area contributed by atoms with E-state index >= 15 is 0 Å². The second-order valence-corrected chi connectivity index (χ2v) is 10.1. The Bertz CT molecular complexity index is 792. The van der Waals surface area contributed by atoms with Gasteiger partial charge in [0.1, 0.15) is 6.54 Å². The molecule has 0 radical (unpaired) electrons. The number of amides is 1. The summed E-state index contributed by atoms with van der Waals surface area (Å²) in [5.41, 5.74) is 1.68. The number of fused-ring (bicyclic) bond motifs is 2. The quantitative estimate of drug-likeness (QED) is 0.603. The molecule has 2 aliphatic heterocycles. The van der Waals surface area contributed by atoms with Crippen LogP contribution in [0.1, 0.15) is 84.0 Å². The summed E-state index contributed by atoms with van der Waals surface area (Å²) in [6.07, 6.45) is 15.5. The predicted molar refractivity (Wildman–Crippen MR) is 133 cm³/mol. The van der Waals surface area contributed by atoms with E-state index in [-0.39, 0.29) is 24.5 Å². The van der Waals surface area contributed by atoms with Crippen LogP contribution in [-0.2, 0) is 14.3 Å². The Hall–Kier alpha value is -2.08. The Morgan fingerprint density at radius 3 is 2.18 bits per heavy atom. The van der Waals surface area contributed by atoms with Crippen molar-refractivity contribution in [2.75, 3.05) is 23.9 Å². The third kappa shape index (κ3) is 5.71. The number of benzene rings is 1. The molecule has 4 rings (SSSR count). The largest absolute Gasteiger partial charge is 0.468 e. The number of methoxy groups -OCH3 is 1. The van der Waals surface area contributed by atoms with Gasteiger partial charge >= 0.3 is 5.97 Å². The third-order valence-corrected chi connectivity index (χ3v) is 8.02. The molecule has 182 valence electrons. The molecule has 1 aromatic rings. The fraction of sp³-hybridized carbons (Fsp3) is 0.704. The molecule has 6 heteroatoms. The minimum Gasteiger partial charge on any atom is -0.468 e. The SMILES string of the molecule is COC(=O)CNc1ccccc1N(C(C)=O)C1CC2CCCC(C1)N2C1CCCCCCC1. The summed E-state index contributed by atoms with van der Waals surface area (Å²) in [7, 11) is 1.39. The summed E-state index contributed by atoms with van der Waals surface area (Å²) >= 11 is 0. The maximum Gasteiger partial charge on any atom is 0.325 e. The van der Waals surface area contributed by atoms with Crippen LogP contribution in [0.3, 0.4) is 0 Å². The number of carbonyl (C=O) groups excluding carboxylic acids is 2. The summed E-state index contributed by atoms with van der Waals surface area (Å²) in [5.74, 6) is -0.244. The van der Waals surface area contributed by atoms with Crippen LogP contribution in [0.25, 0.3) is 0 Å². The number of para-hydroxylation sites is 2. The van der Waals surface area contributed by atoms with Gasteiger partial charge in [-0.1, -0.05) is 50.7 Å². The Balaban J connectivity index is 1.54. The second kappa shape index (κ2) is 11.4. The maximum atomic E-state index is 13.0. The molecule has 2 unspecified atom stereocenters. The van der Waals surface area contributed by atoms with E-state index in [2.05, 4.69) is 10.2 Å². The smallest absolute Gasteiger partial charge is 0.325 e. The number of carbonyl (C=O) groups is 2. The van der Waals surface area contributed by atoms with Crippen LogP contribution in [0.2, 0.25) is 0 Å². The number of esters is 1. The molecular weight excluding hydrogens is 414 g/mol. The molecule has 1 saturated carbocycles. The molecule has 2 heterocycles. The monoisotopic (exact) mass is 455 g/mol. The molecule has 2 saturated heterocycles. The van der Waals surface area contributed by atoms with Crippen LogP contribution in [0.4, 0.5) is 11.4 Å². The van der Waals surface area contributed by atoms with Crippen molar-refractivity contribution in [3.8, 4) is 0 Å². The summed E-state index contributed by atoms with van der Waals surface area (Å²) < 4.78 is 4.78. The van der Waals surface area contributed by atoms with E-state index in [9.17, 15) is 9.59 Å². The minimum atomic E-state index is -0.318. The zero-order valence-corrected chi connectivity index (χ0v) is 20.4. The van der Waals surface area contributed by atoms with E-state index in [1.54, 1.807) is 6.92 Å². The lowest BCUT2D eigenvalue weighted by atomic mass is 9.78. The molecule has 3 aliphatic rings. The molecule has 1 aliphatic carbocycles. The summed E-state index contributed by atoms with van der Waals surface area (Å²) in [6, 6.07) is 9.92. The van der Waals surface area contributed by atoms with Crippen LogP contribution in [0.5, 0.6) is 0 Å². The Morgan fingerprint density at radius 1 is 0.939 bits per heavy atom. The zero-order valence-electron chi connectivity index (χ0n) is 20.4. The van der Waals surface area contributed by atoms with Crippen molar-refractivity contribution in [1.82, 2.24) is 4.90 Å². The van der Waals surface area contributed by atoms with Crippen LogP contribution in [-0.4, -0.2) is 54.6 Å². The molecule has 3 fully saturated rings. The van der Waals surface area contributed by atoms with Crippen molar-refractivity contribution >= 4 is 23.3 Å². The lowest BCUT2D eigenvalue weighted by Gasteiger charge is -2.54. The van der Waals surface area contributed by atoms with Crippen LogP contribution in [0.15, 0.2) is 24.3 Å². The first-order chi connectivity index (χ1) is 16.1. The van der Waals surface area contributed by atoms with Gasteiger partial charge in [-0.2, -0.15) is 0 Å². The third-order valence-electron chi connectivity index (χ3n) is 8.02. The Labute approximate surface area is 199 Å². The standard InChI is InChI=1S/C27H41N3O3/c1-20(31)29(26-16-9-8-15-25(26)28-19-27(32)33-2)24-17-22-13-10-14-23(18-24)30(22)21-11-6-4-3-5-7-12-21/h8-9,15-16,21-24,28H,3-7,10-14,17-19H2,1-2H3. The first-order valence-corrected chi connectivity index (χ1v) is 13.1. The molecule has 2 atom stereocenters. The lowest BCUT2D eigenvalue weighted by Crippen LogP contribution is -2.60. The summed E-state index contributed by atoms with van der Waals surface area (Å²) in [5, 5.41) is 3.18. The van der Waals surface area contributed by atoms with E-state index in [0.717, 1.165) is 30.3 Å². The molecule has 0 spiro atoms. The number of rotatable bonds is 6. The van der Waals surface area contributed by atoms with Crippen LogP contribution < -0.4 is 10.2 Å². The van der Waals surface area contributed by atoms with Gasteiger partial charge in [0.2, 0.25) is 5.91 Å². The number of nitrogens with zero attached hydrogens (tertiary/aromatic N) is 2. The average molecular weight is 456 g/mol. The fourth-order valence-electron chi connectivity index (χ4n) is 6.62. The van der Waals surface area contributed by atoms with Gasteiger partial charge in [0.25, 0.3) is 0 Å². The fourth-order valence-corrected chi connectivity index (χ4v) is 6.62. The maximum absolute atomic E-state index is 13.0. The van der Waals surface area contributed by atoms with E-state index < -0.39 is 0 Å². The van der Waals surface area contributed by atoms with Gasteiger partial charge in [-0.05, 0) is 50.7 Å². The van der Waals surface area contributed by atoms with E-state index in [1.165, 1.54) is 71.3 Å². The van der Waals surface area contributed by atoms with Crippen molar-refractivity contribution in [2.24, 2.45) is 0 Å². The average Bonchev–Trinajstić information content (AvgIpc) is 2.77. The number of ether oxygens (including phenoxy) is 1. The van der Waals surface area contributed by atoms with Gasteiger partial charge in [-0.15, -0.1) is 0 Å².